The maximum absolute atomic E-state index is 6.29. The standard InChI is InChI=1S/C18H12Cl2/c19-17-11-5-10-16(18(17)20)15-9-4-8-14(12-15)13-6-2-1-3-7-13/h1-12H. The van der Waals surface area contributed by atoms with Gasteiger partial charge in [0.25, 0.3) is 0 Å². The smallest absolute Gasteiger partial charge is 0.0670 e. The Morgan fingerprint density at radius 2 is 1.20 bits per heavy atom. The van der Waals surface area contributed by atoms with E-state index >= 15 is 0 Å². The molecule has 0 bridgehead atoms. The van der Waals surface area contributed by atoms with Crippen LogP contribution in [0, 0.1) is 0 Å². The molecule has 0 atom stereocenters. The van der Waals surface area contributed by atoms with Gasteiger partial charge in [-0.25, -0.2) is 0 Å². The van der Waals surface area contributed by atoms with Gasteiger partial charge in [-0.05, 0) is 28.8 Å². The van der Waals surface area contributed by atoms with E-state index in [2.05, 4.69) is 24.3 Å². The molecule has 0 unspecified atom stereocenters. The first kappa shape index (κ1) is 13.2. The van der Waals surface area contributed by atoms with E-state index in [1.165, 1.54) is 11.1 Å². The van der Waals surface area contributed by atoms with Gasteiger partial charge < -0.3 is 0 Å². The van der Waals surface area contributed by atoms with Crippen LogP contribution in [0.5, 0.6) is 0 Å². The van der Waals surface area contributed by atoms with Crippen molar-refractivity contribution in [3.8, 4) is 22.3 Å². The molecule has 0 aliphatic rings. The third kappa shape index (κ3) is 2.58. The fourth-order valence-electron chi connectivity index (χ4n) is 2.22. The summed E-state index contributed by atoms with van der Waals surface area (Å²) in [5.74, 6) is 0. The van der Waals surface area contributed by atoms with Crippen LogP contribution in [0.2, 0.25) is 10.0 Å². The number of hydrogen-bond donors (Lipinski definition) is 0. The van der Waals surface area contributed by atoms with Crippen molar-refractivity contribution in [2.45, 2.75) is 0 Å². The van der Waals surface area contributed by atoms with Crippen molar-refractivity contribution in [3.63, 3.8) is 0 Å². The van der Waals surface area contributed by atoms with E-state index in [4.69, 9.17) is 23.2 Å². The molecule has 3 rings (SSSR count). The molecule has 0 saturated carbocycles. The lowest BCUT2D eigenvalue weighted by Gasteiger charge is -2.08. The van der Waals surface area contributed by atoms with Crippen molar-refractivity contribution < 1.29 is 0 Å². The van der Waals surface area contributed by atoms with Crippen LogP contribution in [0.3, 0.4) is 0 Å². The van der Waals surface area contributed by atoms with E-state index in [1.807, 2.05) is 42.5 Å². The van der Waals surface area contributed by atoms with Crippen LogP contribution in [-0.4, -0.2) is 0 Å². The molecule has 0 amide bonds. The molecular weight excluding hydrogens is 287 g/mol. The van der Waals surface area contributed by atoms with E-state index in [0.717, 1.165) is 11.1 Å². The Labute approximate surface area is 128 Å². The van der Waals surface area contributed by atoms with Crippen LogP contribution >= 0.6 is 23.2 Å². The van der Waals surface area contributed by atoms with Gasteiger partial charge in [-0.3, -0.25) is 0 Å². The maximum Gasteiger partial charge on any atom is 0.0670 e. The van der Waals surface area contributed by atoms with Gasteiger partial charge in [-0.15, -0.1) is 0 Å². The van der Waals surface area contributed by atoms with Gasteiger partial charge in [0, 0.05) is 5.56 Å². The van der Waals surface area contributed by atoms with Crippen molar-refractivity contribution >= 4 is 23.2 Å². The first-order valence-corrected chi connectivity index (χ1v) is 7.11. The van der Waals surface area contributed by atoms with E-state index < -0.39 is 0 Å². The van der Waals surface area contributed by atoms with Crippen LogP contribution in [-0.2, 0) is 0 Å². The number of rotatable bonds is 2. The van der Waals surface area contributed by atoms with Crippen molar-refractivity contribution in [1.82, 2.24) is 0 Å². The third-order valence-corrected chi connectivity index (χ3v) is 4.05. The Bertz CT molecular complexity index is 733. The van der Waals surface area contributed by atoms with Crippen LogP contribution in [0.25, 0.3) is 22.3 Å². The average Bonchev–Trinajstić information content (AvgIpc) is 2.51. The topological polar surface area (TPSA) is 0 Å². The lowest BCUT2D eigenvalue weighted by Crippen LogP contribution is -1.83. The van der Waals surface area contributed by atoms with Gasteiger partial charge in [0.05, 0.1) is 10.0 Å². The molecule has 98 valence electrons. The van der Waals surface area contributed by atoms with Gasteiger partial charge in [0.1, 0.15) is 0 Å². The molecule has 0 spiro atoms. The molecule has 0 N–H and O–H groups in total. The number of halogens is 2. The molecule has 0 aliphatic carbocycles. The maximum atomic E-state index is 6.29. The molecule has 0 saturated heterocycles. The molecule has 0 aromatic heterocycles. The van der Waals surface area contributed by atoms with E-state index in [9.17, 15) is 0 Å². The zero-order chi connectivity index (χ0) is 13.9. The highest BCUT2D eigenvalue weighted by molar-refractivity contribution is 6.43. The van der Waals surface area contributed by atoms with Gasteiger partial charge in [-0.1, -0.05) is 83.9 Å². The normalized spacial score (nSPS) is 10.5. The van der Waals surface area contributed by atoms with Gasteiger partial charge >= 0.3 is 0 Å². The molecule has 2 heteroatoms. The van der Waals surface area contributed by atoms with Crippen LogP contribution in [0.15, 0.2) is 72.8 Å². The van der Waals surface area contributed by atoms with Crippen LogP contribution in [0.4, 0.5) is 0 Å². The monoisotopic (exact) mass is 298 g/mol. The Morgan fingerprint density at radius 1 is 0.550 bits per heavy atom. The molecule has 20 heavy (non-hydrogen) atoms. The van der Waals surface area contributed by atoms with E-state index in [1.54, 1.807) is 6.07 Å². The predicted octanol–water partition coefficient (Wildman–Crippen LogP) is 6.33. The highest BCUT2D eigenvalue weighted by atomic mass is 35.5. The SMILES string of the molecule is Clc1cccc(-c2cccc(-c3ccccc3)c2)c1Cl. The Kier molecular flexibility index (Phi) is 3.77. The fraction of sp³-hybridized carbons (Fsp3) is 0. The van der Waals surface area contributed by atoms with Crippen LogP contribution < -0.4 is 0 Å². The Balaban J connectivity index is 2.10. The van der Waals surface area contributed by atoms with Gasteiger partial charge in [0.2, 0.25) is 0 Å². The summed E-state index contributed by atoms with van der Waals surface area (Å²) in [7, 11) is 0. The molecule has 0 radical (unpaired) electrons. The second-order valence-corrected chi connectivity index (χ2v) is 5.33. The molecular formula is C18H12Cl2. The van der Waals surface area contributed by atoms with Crippen molar-refractivity contribution in [2.75, 3.05) is 0 Å². The second kappa shape index (κ2) is 5.70. The molecule has 3 aromatic carbocycles. The largest absolute Gasteiger partial charge is 0.0827 e. The summed E-state index contributed by atoms with van der Waals surface area (Å²) in [4.78, 5) is 0. The van der Waals surface area contributed by atoms with E-state index in [0.29, 0.717) is 10.0 Å². The molecule has 0 aliphatic heterocycles. The fourth-order valence-corrected chi connectivity index (χ4v) is 2.63. The third-order valence-electron chi connectivity index (χ3n) is 3.23. The van der Waals surface area contributed by atoms with E-state index in [-0.39, 0.29) is 0 Å². The molecule has 0 nitrogen and oxygen atoms in total. The summed E-state index contributed by atoms with van der Waals surface area (Å²) >= 11 is 12.4. The zero-order valence-electron chi connectivity index (χ0n) is 10.7. The molecule has 0 fully saturated rings. The highest BCUT2D eigenvalue weighted by Gasteiger charge is 2.07. The Morgan fingerprint density at radius 3 is 2.00 bits per heavy atom. The minimum Gasteiger partial charge on any atom is -0.0827 e. The summed E-state index contributed by atoms with van der Waals surface area (Å²) in [6.45, 7) is 0. The Hall–Kier alpha value is -1.76. The summed E-state index contributed by atoms with van der Waals surface area (Å²) < 4.78 is 0. The number of hydrogen-bond acceptors (Lipinski definition) is 0. The lowest BCUT2D eigenvalue weighted by atomic mass is 9.99. The lowest BCUT2D eigenvalue weighted by molar-refractivity contribution is 1.59. The van der Waals surface area contributed by atoms with Crippen molar-refractivity contribution in [3.05, 3.63) is 82.8 Å². The molecule has 3 aromatic rings. The number of benzene rings is 3. The zero-order valence-corrected chi connectivity index (χ0v) is 12.2. The summed E-state index contributed by atoms with van der Waals surface area (Å²) in [5, 5.41) is 1.17. The minimum atomic E-state index is 0.578. The first-order valence-electron chi connectivity index (χ1n) is 6.35. The summed E-state index contributed by atoms with van der Waals surface area (Å²) in [6.07, 6.45) is 0. The quantitative estimate of drug-likeness (QED) is 0.519. The van der Waals surface area contributed by atoms with Gasteiger partial charge in [-0.2, -0.15) is 0 Å². The van der Waals surface area contributed by atoms with Gasteiger partial charge in [0.15, 0.2) is 0 Å². The molecule has 0 heterocycles. The predicted molar refractivity (Wildman–Crippen MR) is 87.3 cm³/mol. The average molecular weight is 299 g/mol. The minimum absolute atomic E-state index is 0.578. The summed E-state index contributed by atoms with van der Waals surface area (Å²) in [5.41, 5.74) is 4.38. The second-order valence-electron chi connectivity index (χ2n) is 4.55. The summed E-state index contributed by atoms with van der Waals surface area (Å²) in [6, 6.07) is 24.3. The van der Waals surface area contributed by atoms with Crippen LogP contribution in [0.1, 0.15) is 0 Å². The highest BCUT2D eigenvalue weighted by Crippen LogP contribution is 2.35. The first-order chi connectivity index (χ1) is 9.75. The van der Waals surface area contributed by atoms with Crippen molar-refractivity contribution in [1.29, 1.82) is 0 Å². The van der Waals surface area contributed by atoms with Crippen molar-refractivity contribution in [2.24, 2.45) is 0 Å².